The maximum atomic E-state index is 11.8. The van der Waals surface area contributed by atoms with Crippen molar-refractivity contribution in [3.05, 3.63) is 48.0 Å². The second kappa shape index (κ2) is 6.64. The SMILES string of the molecule is CC(Cc1ncc[nH]1)c1cccc(NC(=O)OC(C)(C)C)c1. The Bertz CT molecular complexity index is 615. The van der Waals surface area contributed by atoms with Crippen molar-refractivity contribution in [1.29, 1.82) is 0 Å². The van der Waals surface area contributed by atoms with Crippen LogP contribution in [0.25, 0.3) is 0 Å². The lowest BCUT2D eigenvalue weighted by Gasteiger charge is -2.20. The monoisotopic (exact) mass is 301 g/mol. The zero-order chi connectivity index (χ0) is 16.2. The Labute approximate surface area is 131 Å². The number of nitrogens with zero attached hydrogens (tertiary/aromatic N) is 1. The second-order valence-electron chi connectivity index (χ2n) is 6.39. The van der Waals surface area contributed by atoms with Crippen LogP contribution in [0, 0.1) is 0 Å². The molecule has 1 amide bonds. The summed E-state index contributed by atoms with van der Waals surface area (Å²) in [6, 6.07) is 7.80. The number of amides is 1. The maximum absolute atomic E-state index is 11.8. The first-order valence-corrected chi connectivity index (χ1v) is 7.42. The van der Waals surface area contributed by atoms with Crippen molar-refractivity contribution in [3.63, 3.8) is 0 Å². The van der Waals surface area contributed by atoms with E-state index in [1.165, 1.54) is 0 Å². The van der Waals surface area contributed by atoms with Crippen LogP contribution < -0.4 is 5.32 Å². The Morgan fingerprint density at radius 2 is 2.18 bits per heavy atom. The number of carbonyl (C=O) groups excluding carboxylic acids is 1. The molecule has 0 bridgehead atoms. The molecule has 2 N–H and O–H groups in total. The number of aromatic amines is 1. The molecule has 1 aromatic carbocycles. The van der Waals surface area contributed by atoms with Gasteiger partial charge in [-0.1, -0.05) is 19.1 Å². The molecule has 1 aromatic heterocycles. The van der Waals surface area contributed by atoms with E-state index in [-0.39, 0.29) is 0 Å². The van der Waals surface area contributed by atoms with Gasteiger partial charge in [-0.2, -0.15) is 0 Å². The molecule has 5 heteroatoms. The minimum atomic E-state index is -0.506. The van der Waals surface area contributed by atoms with E-state index in [0.717, 1.165) is 23.5 Å². The fraction of sp³-hybridized carbons (Fsp3) is 0.412. The van der Waals surface area contributed by atoms with Crippen molar-refractivity contribution in [2.75, 3.05) is 5.32 Å². The Morgan fingerprint density at radius 3 is 2.82 bits per heavy atom. The normalized spacial score (nSPS) is 12.7. The minimum absolute atomic E-state index is 0.298. The molecular weight excluding hydrogens is 278 g/mol. The number of rotatable bonds is 4. The van der Waals surface area contributed by atoms with Gasteiger partial charge in [0.25, 0.3) is 0 Å². The quantitative estimate of drug-likeness (QED) is 0.893. The van der Waals surface area contributed by atoms with Crippen LogP contribution >= 0.6 is 0 Å². The van der Waals surface area contributed by atoms with Crippen LogP contribution in [0.15, 0.2) is 36.7 Å². The first-order chi connectivity index (χ1) is 10.3. The Balaban J connectivity index is 2.01. The highest BCUT2D eigenvalue weighted by Gasteiger charge is 2.16. The third-order valence-electron chi connectivity index (χ3n) is 3.16. The molecule has 118 valence electrons. The van der Waals surface area contributed by atoms with Crippen LogP contribution in [0.1, 0.15) is 45.0 Å². The number of H-pyrrole nitrogens is 1. The van der Waals surface area contributed by atoms with Crippen molar-refractivity contribution < 1.29 is 9.53 Å². The summed E-state index contributed by atoms with van der Waals surface area (Å²) in [4.78, 5) is 19.2. The van der Waals surface area contributed by atoms with Gasteiger partial charge in [0.1, 0.15) is 11.4 Å². The van der Waals surface area contributed by atoms with Crippen LogP contribution in [-0.4, -0.2) is 21.7 Å². The average Bonchev–Trinajstić information content (AvgIpc) is 2.89. The first kappa shape index (κ1) is 16.1. The number of hydrogen-bond acceptors (Lipinski definition) is 3. The summed E-state index contributed by atoms with van der Waals surface area (Å²) in [7, 11) is 0. The molecule has 0 aliphatic rings. The third-order valence-corrected chi connectivity index (χ3v) is 3.16. The van der Waals surface area contributed by atoms with E-state index in [9.17, 15) is 4.79 Å². The highest BCUT2D eigenvalue weighted by Crippen LogP contribution is 2.22. The van der Waals surface area contributed by atoms with Gasteiger partial charge in [-0.3, -0.25) is 5.32 Å². The molecule has 0 aliphatic carbocycles. The first-order valence-electron chi connectivity index (χ1n) is 7.42. The number of nitrogens with one attached hydrogen (secondary N) is 2. The largest absolute Gasteiger partial charge is 0.444 e. The van der Waals surface area contributed by atoms with Crippen LogP contribution in [-0.2, 0) is 11.2 Å². The number of carbonyl (C=O) groups is 1. The van der Waals surface area contributed by atoms with E-state index in [1.807, 2.05) is 51.2 Å². The molecular formula is C17H23N3O2. The van der Waals surface area contributed by atoms with Crippen LogP contribution in [0.3, 0.4) is 0 Å². The van der Waals surface area contributed by atoms with Gasteiger partial charge in [-0.15, -0.1) is 0 Å². The highest BCUT2D eigenvalue weighted by molar-refractivity contribution is 5.84. The summed E-state index contributed by atoms with van der Waals surface area (Å²) in [6.07, 6.45) is 3.96. The summed E-state index contributed by atoms with van der Waals surface area (Å²) in [5.41, 5.74) is 1.37. The van der Waals surface area contributed by atoms with Crippen molar-refractivity contribution in [2.24, 2.45) is 0 Å². The van der Waals surface area contributed by atoms with Crippen LogP contribution in [0.4, 0.5) is 10.5 Å². The number of ether oxygens (including phenoxy) is 1. The Hall–Kier alpha value is -2.30. The molecule has 0 saturated carbocycles. The Morgan fingerprint density at radius 1 is 1.41 bits per heavy atom. The van der Waals surface area contributed by atoms with Crippen molar-refractivity contribution >= 4 is 11.8 Å². The topological polar surface area (TPSA) is 67.0 Å². The molecule has 22 heavy (non-hydrogen) atoms. The Kier molecular flexibility index (Phi) is 4.85. The lowest BCUT2D eigenvalue weighted by molar-refractivity contribution is 0.0636. The molecule has 1 heterocycles. The molecule has 0 aliphatic heterocycles. The molecule has 1 atom stereocenters. The summed E-state index contributed by atoms with van der Waals surface area (Å²) in [5, 5.41) is 2.77. The van der Waals surface area contributed by atoms with Crippen molar-refractivity contribution in [2.45, 2.75) is 45.6 Å². The predicted octanol–water partition coefficient (Wildman–Crippen LogP) is 4.10. The average molecular weight is 301 g/mol. The molecule has 2 rings (SSSR count). The molecule has 0 radical (unpaired) electrons. The summed E-state index contributed by atoms with van der Waals surface area (Å²) >= 11 is 0. The van der Waals surface area contributed by atoms with Gasteiger partial charge < -0.3 is 9.72 Å². The third kappa shape index (κ3) is 4.91. The summed E-state index contributed by atoms with van der Waals surface area (Å²) in [5.74, 6) is 1.25. The number of anilines is 1. The summed E-state index contributed by atoms with van der Waals surface area (Å²) in [6.45, 7) is 7.66. The molecule has 5 nitrogen and oxygen atoms in total. The van der Waals surface area contributed by atoms with Crippen LogP contribution in [0.5, 0.6) is 0 Å². The van der Waals surface area contributed by atoms with E-state index < -0.39 is 11.7 Å². The second-order valence-corrected chi connectivity index (χ2v) is 6.39. The molecule has 1 unspecified atom stereocenters. The van der Waals surface area contributed by atoms with Gasteiger partial charge in [0.15, 0.2) is 0 Å². The van der Waals surface area contributed by atoms with E-state index >= 15 is 0 Å². The molecule has 0 spiro atoms. The lowest BCUT2D eigenvalue weighted by Crippen LogP contribution is -2.27. The number of benzene rings is 1. The highest BCUT2D eigenvalue weighted by atomic mass is 16.6. The smallest absolute Gasteiger partial charge is 0.412 e. The van der Waals surface area contributed by atoms with E-state index in [4.69, 9.17) is 4.74 Å². The number of imidazole rings is 1. The maximum Gasteiger partial charge on any atom is 0.412 e. The zero-order valence-electron chi connectivity index (χ0n) is 13.5. The zero-order valence-corrected chi connectivity index (χ0v) is 13.5. The van der Waals surface area contributed by atoms with Crippen LogP contribution in [0.2, 0.25) is 0 Å². The van der Waals surface area contributed by atoms with Gasteiger partial charge in [0, 0.05) is 24.5 Å². The number of hydrogen-bond donors (Lipinski definition) is 2. The predicted molar refractivity (Wildman–Crippen MR) is 87.0 cm³/mol. The van der Waals surface area contributed by atoms with Gasteiger partial charge >= 0.3 is 6.09 Å². The van der Waals surface area contributed by atoms with Gasteiger partial charge in [-0.25, -0.2) is 9.78 Å². The van der Waals surface area contributed by atoms with Gasteiger partial charge in [0.2, 0.25) is 0 Å². The van der Waals surface area contributed by atoms with E-state index in [2.05, 4.69) is 22.2 Å². The lowest BCUT2D eigenvalue weighted by atomic mass is 9.97. The van der Waals surface area contributed by atoms with E-state index in [1.54, 1.807) is 6.20 Å². The molecule has 2 aromatic rings. The number of aromatic nitrogens is 2. The van der Waals surface area contributed by atoms with E-state index in [0.29, 0.717) is 5.92 Å². The minimum Gasteiger partial charge on any atom is -0.444 e. The fourth-order valence-corrected chi connectivity index (χ4v) is 2.16. The van der Waals surface area contributed by atoms with Crippen molar-refractivity contribution in [1.82, 2.24) is 9.97 Å². The molecule has 0 saturated heterocycles. The van der Waals surface area contributed by atoms with Crippen molar-refractivity contribution in [3.8, 4) is 0 Å². The standard InChI is InChI=1S/C17H23N3O2/c1-12(10-15-18-8-9-19-15)13-6-5-7-14(11-13)20-16(21)22-17(2,3)4/h5-9,11-12H,10H2,1-4H3,(H,18,19)(H,20,21). The van der Waals surface area contributed by atoms with Gasteiger partial charge in [0.05, 0.1) is 0 Å². The fourth-order valence-electron chi connectivity index (χ4n) is 2.16. The van der Waals surface area contributed by atoms with Gasteiger partial charge in [-0.05, 0) is 44.4 Å². The summed E-state index contributed by atoms with van der Waals surface area (Å²) < 4.78 is 5.26. The molecule has 0 fully saturated rings.